The number of amidine groups is 1. The number of carbonyl (C=O) groups is 2. The topological polar surface area (TPSA) is 68.2 Å². The summed E-state index contributed by atoms with van der Waals surface area (Å²) in [4.78, 5) is 31.6. The zero-order chi connectivity index (χ0) is 21.0. The lowest BCUT2D eigenvalue weighted by Crippen LogP contribution is -2.45. The molecule has 1 atom stereocenters. The lowest BCUT2D eigenvalue weighted by atomic mass is 9.94. The first kappa shape index (κ1) is 21.4. The van der Waals surface area contributed by atoms with Crippen molar-refractivity contribution in [3.05, 3.63) is 41.1 Å². The van der Waals surface area contributed by atoms with Crippen LogP contribution in [0, 0.1) is 5.92 Å². The van der Waals surface area contributed by atoms with Gasteiger partial charge in [0, 0.05) is 12.2 Å². The SMILES string of the molecule is CCOC(=O)C1=C(C)N=C2SCCC(=O)N2C1c1ccc(OCCC(C)C)cc1. The van der Waals surface area contributed by atoms with Gasteiger partial charge in [-0.15, -0.1) is 0 Å². The molecule has 1 aromatic rings. The minimum absolute atomic E-state index is 0.0286. The first-order chi connectivity index (χ1) is 13.9. The van der Waals surface area contributed by atoms with E-state index in [9.17, 15) is 9.59 Å². The molecule has 0 aliphatic carbocycles. The Morgan fingerprint density at radius 2 is 2.03 bits per heavy atom. The zero-order valence-corrected chi connectivity index (χ0v) is 18.3. The second-order valence-corrected chi connectivity index (χ2v) is 8.54. The third-order valence-electron chi connectivity index (χ3n) is 4.86. The number of ether oxygens (including phenoxy) is 2. The number of esters is 1. The molecule has 1 fully saturated rings. The Labute approximate surface area is 176 Å². The summed E-state index contributed by atoms with van der Waals surface area (Å²) in [7, 11) is 0. The number of benzene rings is 1. The summed E-state index contributed by atoms with van der Waals surface area (Å²) in [5.41, 5.74) is 1.85. The fourth-order valence-corrected chi connectivity index (χ4v) is 4.35. The van der Waals surface area contributed by atoms with Crippen LogP contribution in [0.3, 0.4) is 0 Å². The summed E-state index contributed by atoms with van der Waals surface area (Å²) in [6.45, 7) is 8.82. The summed E-state index contributed by atoms with van der Waals surface area (Å²) in [5.74, 6) is 1.59. The maximum absolute atomic E-state index is 12.7. The molecule has 2 aliphatic heterocycles. The van der Waals surface area contributed by atoms with Crippen LogP contribution in [0.4, 0.5) is 0 Å². The molecule has 1 amide bonds. The van der Waals surface area contributed by atoms with E-state index in [2.05, 4.69) is 18.8 Å². The van der Waals surface area contributed by atoms with Crippen LogP contribution in [0.5, 0.6) is 5.75 Å². The maximum atomic E-state index is 12.7. The molecule has 0 radical (unpaired) electrons. The van der Waals surface area contributed by atoms with E-state index >= 15 is 0 Å². The molecule has 0 bridgehead atoms. The number of aliphatic imine (C=N–C) groups is 1. The molecule has 29 heavy (non-hydrogen) atoms. The van der Waals surface area contributed by atoms with E-state index in [0.717, 1.165) is 17.7 Å². The predicted octanol–water partition coefficient (Wildman–Crippen LogP) is 4.32. The first-order valence-electron chi connectivity index (χ1n) is 10.1. The van der Waals surface area contributed by atoms with Crippen molar-refractivity contribution >= 4 is 28.8 Å². The molecule has 3 rings (SSSR count). The highest BCUT2D eigenvalue weighted by molar-refractivity contribution is 8.14. The molecule has 2 heterocycles. The highest BCUT2D eigenvalue weighted by Gasteiger charge is 2.41. The van der Waals surface area contributed by atoms with E-state index in [0.29, 0.717) is 41.1 Å². The van der Waals surface area contributed by atoms with Gasteiger partial charge in [0.25, 0.3) is 0 Å². The number of amides is 1. The summed E-state index contributed by atoms with van der Waals surface area (Å²) in [6.07, 6.45) is 1.41. The van der Waals surface area contributed by atoms with Gasteiger partial charge in [0.1, 0.15) is 5.75 Å². The Hall–Kier alpha value is -2.28. The van der Waals surface area contributed by atoms with Crippen LogP contribution >= 0.6 is 11.8 Å². The van der Waals surface area contributed by atoms with Gasteiger partial charge < -0.3 is 9.47 Å². The summed E-state index contributed by atoms with van der Waals surface area (Å²) in [6, 6.07) is 7.07. The second kappa shape index (κ2) is 9.48. The lowest BCUT2D eigenvalue weighted by Gasteiger charge is -2.38. The van der Waals surface area contributed by atoms with Gasteiger partial charge in [-0.1, -0.05) is 37.7 Å². The smallest absolute Gasteiger partial charge is 0.338 e. The van der Waals surface area contributed by atoms with Crippen LogP contribution in [0.15, 0.2) is 40.5 Å². The molecule has 1 saturated heterocycles. The fraction of sp³-hybridized carbons (Fsp3) is 0.500. The molecule has 0 aromatic heterocycles. The van der Waals surface area contributed by atoms with Crippen molar-refractivity contribution in [1.29, 1.82) is 0 Å². The number of hydrogen-bond donors (Lipinski definition) is 0. The van der Waals surface area contributed by atoms with Crippen molar-refractivity contribution in [2.45, 2.75) is 46.6 Å². The zero-order valence-electron chi connectivity index (χ0n) is 17.4. The number of nitrogens with zero attached hydrogens (tertiary/aromatic N) is 2. The highest BCUT2D eigenvalue weighted by atomic mass is 32.2. The Morgan fingerprint density at radius 1 is 1.31 bits per heavy atom. The molecular weight excluding hydrogens is 388 g/mol. The fourth-order valence-electron chi connectivity index (χ4n) is 3.34. The first-order valence-corrected chi connectivity index (χ1v) is 11.0. The average Bonchev–Trinajstić information content (AvgIpc) is 2.67. The van der Waals surface area contributed by atoms with E-state index in [1.165, 1.54) is 0 Å². The molecule has 6 nitrogen and oxygen atoms in total. The Bertz CT molecular complexity index is 830. The van der Waals surface area contributed by atoms with E-state index in [1.807, 2.05) is 24.3 Å². The van der Waals surface area contributed by atoms with Crippen LogP contribution < -0.4 is 4.74 Å². The predicted molar refractivity (Wildman–Crippen MR) is 115 cm³/mol. The summed E-state index contributed by atoms with van der Waals surface area (Å²) >= 11 is 1.54. The number of hydrogen-bond acceptors (Lipinski definition) is 6. The minimum Gasteiger partial charge on any atom is -0.494 e. The van der Waals surface area contributed by atoms with Gasteiger partial charge in [-0.3, -0.25) is 9.69 Å². The van der Waals surface area contributed by atoms with Gasteiger partial charge in [-0.2, -0.15) is 0 Å². The molecule has 0 spiro atoms. The molecule has 7 heteroatoms. The monoisotopic (exact) mass is 416 g/mol. The second-order valence-electron chi connectivity index (χ2n) is 7.48. The van der Waals surface area contributed by atoms with Crippen molar-refractivity contribution in [2.75, 3.05) is 19.0 Å². The van der Waals surface area contributed by atoms with Crippen molar-refractivity contribution in [1.82, 2.24) is 4.90 Å². The summed E-state index contributed by atoms with van der Waals surface area (Å²) in [5, 5.41) is 0.647. The van der Waals surface area contributed by atoms with E-state index in [4.69, 9.17) is 9.47 Å². The van der Waals surface area contributed by atoms with Crippen LogP contribution in [0.1, 0.15) is 52.1 Å². The molecule has 2 aliphatic rings. The van der Waals surface area contributed by atoms with E-state index in [-0.39, 0.29) is 12.5 Å². The van der Waals surface area contributed by atoms with Crippen LogP contribution in [-0.2, 0) is 14.3 Å². The number of fused-ring (bicyclic) bond motifs is 1. The van der Waals surface area contributed by atoms with Gasteiger partial charge in [0.05, 0.1) is 30.5 Å². The van der Waals surface area contributed by atoms with Gasteiger partial charge in [-0.25, -0.2) is 9.79 Å². The average molecular weight is 417 g/mol. The van der Waals surface area contributed by atoms with Gasteiger partial charge in [-0.05, 0) is 43.9 Å². The molecular formula is C22H28N2O4S. The minimum atomic E-state index is -0.536. The molecule has 0 saturated carbocycles. The van der Waals surface area contributed by atoms with Crippen LogP contribution in [-0.4, -0.2) is 40.9 Å². The van der Waals surface area contributed by atoms with Gasteiger partial charge in [0.2, 0.25) is 5.91 Å². The maximum Gasteiger partial charge on any atom is 0.338 e. The summed E-state index contributed by atoms with van der Waals surface area (Å²) < 4.78 is 11.1. The Balaban J connectivity index is 1.93. The highest BCUT2D eigenvalue weighted by Crippen LogP contribution is 2.40. The molecule has 156 valence electrons. The third-order valence-corrected chi connectivity index (χ3v) is 5.82. The number of allylic oxidation sites excluding steroid dienone is 1. The lowest BCUT2D eigenvalue weighted by molar-refractivity contribution is -0.139. The number of rotatable bonds is 7. The van der Waals surface area contributed by atoms with Crippen molar-refractivity contribution in [3.63, 3.8) is 0 Å². The number of carbonyl (C=O) groups excluding carboxylic acids is 2. The van der Waals surface area contributed by atoms with E-state index in [1.54, 1.807) is 30.5 Å². The molecule has 0 N–H and O–H groups in total. The van der Waals surface area contributed by atoms with Crippen molar-refractivity contribution < 1.29 is 19.1 Å². The largest absolute Gasteiger partial charge is 0.494 e. The Kier molecular flexibility index (Phi) is 7.00. The Morgan fingerprint density at radius 3 is 2.69 bits per heavy atom. The molecule has 1 aromatic carbocycles. The van der Waals surface area contributed by atoms with Crippen LogP contribution in [0.25, 0.3) is 0 Å². The van der Waals surface area contributed by atoms with Gasteiger partial charge >= 0.3 is 5.97 Å². The van der Waals surface area contributed by atoms with Crippen LogP contribution in [0.2, 0.25) is 0 Å². The molecule has 1 unspecified atom stereocenters. The quantitative estimate of drug-likeness (QED) is 0.619. The van der Waals surface area contributed by atoms with Gasteiger partial charge in [0.15, 0.2) is 5.17 Å². The van der Waals surface area contributed by atoms with Crippen molar-refractivity contribution in [2.24, 2.45) is 10.9 Å². The standard InChI is InChI=1S/C22H28N2O4S/c1-5-27-21(26)19-15(4)23-22-24(18(25)11-13-29-22)20(19)16-6-8-17(9-7-16)28-12-10-14(2)3/h6-9,14,20H,5,10-13H2,1-4H3. The number of thioether (sulfide) groups is 1. The normalized spacial score (nSPS) is 19.2. The van der Waals surface area contributed by atoms with Crippen molar-refractivity contribution in [3.8, 4) is 5.75 Å². The van der Waals surface area contributed by atoms with E-state index < -0.39 is 12.0 Å². The third kappa shape index (κ3) is 4.83.